The second-order valence-electron chi connectivity index (χ2n) is 5.08. The van der Waals surface area contributed by atoms with Crippen molar-refractivity contribution in [3.63, 3.8) is 0 Å². The zero-order valence-electron chi connectivity index (χ0n) is 13.7. The van der Waals surface area contributed by atoms with Crippen LogP contribution in [-0.2, 0) is 9.53 Å². The number of carbonyl (C=O) groups excluding carboxylic acids is 2. The maximum absolute atomic E-state index is 12.1. The van der Waals surface area contributed by atoms with Crippen LogP contribution < -0.4 is 4.74 Å². The molecule has 140 valence electrons. The third-order valence-corrected chi connectivity index (χ3v) is 3.28. The Morgan fingerprint density at radius 3 is 2.41 bits per heavy atom. The molecule has 0 fully saturated rings. The minimum absolute atomic E-state index is 0.106. The molecule has 9 heteroatoms. The van der Waals surface area contributed by atoms with Crippen molar-refractivity contribution in [2.45, 2.75) is 6.61 Å². The number of Topliss-reactive ketones (excluding diaryl/α,β-unsaturated/α-hetero) is 1. The van der Waals surface area contributed by atoms with Crippen LogP contribution in [0.4, 0.5) is 14.5 Å². The van der Waals surface area contributed by atoms with Crippen molar-refractivity contribution in [2.24, 2.45) is 0 Å². The summed E-state index contributed by atoms with van der Waals surface area (Å²) in [6.45, 7) is -3.55. The lowest BCUT2D eigenvalue weighted by Crippen LogP contribution is -2.12. The number of carbonyl (C=O) groups is 2. The Labute approximate surface area is 152 Å². The van der Waals surface area contributed by atoms with E-state index in [0.717, 1.165) is 6.08 Å². The highest BCUT2D eigenvalue weighted by Gasteiger charge is 2.12. The highest BCUT2D eigenvalue weighted by Crippen LogP contribution is 2.19. The van der Waals surface area contributed by atoms with Gasteiger partial charge < -0.3 is 9.47 Å². The molecule has 0 atom stereocenters. The van der Waals surface area contributed by atoms with Gasteiger partial charge in [0.15, 0.2) is 12.4 Å². The number of nitro groups is 1. The van der Waals surface area contributed by atoms with Gasteiger partial charge in [0.05, 0.1) is 10.5 Å². The lowest BCUT2D eigenvalue weighted by Gasteiger charge is -2.05. The molecule has 0 aromatic heterocycles. The maximum atomic E-state index is 12.1. The molecule has 2 aromatic carbocycles. The Bertz CT molecular complexity index is 864. The van der Waals surface area contributed by atoms with E-state index in [0.29, 0.717) is 0 Å². The summed E-state index contributed by atoms with van der Waals surface area (Å²) in [7, 11) is 0. The molecule has 0 amide bonds. The molecule has 0 saturated heterocycles. The van der Waals surface area contributed by atoms with E-state index in [1.165, 1.54) is 48.5 Å². The number of esters is 1. The lowest BCUT2D eigenvalue weighted by atomic mass is 10.1. The highest BCUT2D eigenvalue weighted by atomic mass is 19.3. The van der Waals surface area contributed by atoms with Crippen molar-refractivity contribution in [1.82, 2.24) is 0 Å². The number of alkyl halides is 2. The van der Waals surface area contributed by atoms with Crippen LogP contribution in [0.15, 0.2) is 54.6 Å². The largest absolute Gasteiger partial charge is 0.454 e. The van der Waals surface area contributed by atoms with Gasteiger partial charge in [-0.25, -0.2) is 4.79 Å². The molecule has 2 rings (SSSR count). The zero-order valence-corrected chi connectivity index (χ0v) is 13.7. The number of ketones is 1. The van der Waals surface area contributed by atoms with E-state index < -0.39 is 29.9 Å². The molecule has 0 aliphatic carbocycles. The average molecular weight is 377 g/mol. The molecule has 0 heterocycles. The smallest absolute Gasteiger partial charge is 0.387 e. The molecule has 0 N–H and O–H groups in total. The number of ether oxygens (including phenoxy) is 2. The average Bonchev–Trinajstić information content (AvgIpc) is 2.64. The van der Waals surface area contributed by atoms with E-state index in [4.69, 9.17) is 4.74 Å². The maximum Gasteiger partial charge on any atom is 0.387 e. The summed E-state index contributed by atoms with van der Waals surface area (Å²) in [5.41, 5.74) is 0.177. The molecule has 0 aliphatic heterocycles. The van der Waals surface area contributed by atoms with Crippen LogP contribution >= 0.6 is 0 Å². The number of halogens is 2. The van der Waals surface area contributed by atoms with Crippen molar-refractivity contribution in [3.8, 4) is 5.75 Å². The van der Waals surface area contributed by atoms with E-state index >= 15 is 0 Å². The van der Waals surface area contributed by atoms with Crippen LogP contribution in [-0.4, -0.2) is 29.9 Å². The van der Waals surface area contributed by atoms with Crippen LogP contribution in [0.5, 0.6) is 5.75 Å². The number of hydrogen-bond acceptors (Lipinski definition) is 6. The van der Waals surface area contributed by atoms with Crippen LogP contribution in [0, 0.1) is 10.1 Å². The van der Waals surface area contributed by atoms with Gasteiger partial charge in [0.1, 0.15) is 5.75 Å². The van der Waals surface area contributed by atoms with Gasteiger partial charge in [-0.2, -0.15) is 8.78 Å². The van der Waals surface area contributed by atoms with Gasteiger partial charge in [0.25, 0.3) is 5.69 Å². The second-order valence-corrected chi connectivity index (χ2v) is 5.08. The number of benzene rings is 2. The molecule has 0 radical (unpaired) electrons. The quantitative estimate of drug-likeness (QED) is 0.229. The topological polar surface area (TPSA) is 95.7 Å². The second kappa shape index (κ2) is 9.18. The number of nitro benzene ring substituents is 1. The van der Waals surface area contributed by atoms with Crippen molar-refractivity contribution in [3.05, 3.63) is 75.8 Å². The number of para-hydroxylation sites is 1. The fraction of sp³-hybridized carbons (Fsp3) is 0.111. The summed E-state index contributed by atoms with van der Waals surface area (Å²) in [5, 5.41) is 10.9. The third-order valence-electron chi connectivity index (χ3n) is 3.28. The molecule has 0 saturated carbocycles. The Hall–Kier alpha value is -3.62. The molecule has 0 unspecified atom stereocenters. The third kappa shape index (κ3) is 5.99. The number of hydrogen-bond donors (Lipinski definition) is 0. The fourth-order valence-electron chi connectivity index (χ4n) is 2.04. The standard InChI is InChI=1S/C18H13F2NO6/c19-18(20)27-14-8-5-13(6-9-14)16(22)11-26-17(23)10-7-12-3-1-2-4-15(12)21(24)25/h1-10,18H,11H2/b10-7+. The predicted octanol–water partition coefficient (Wildman–Crippen LogP) is 3.64. The summed E-state index contributed by atoms with van der Waals surface area (Å²) in [6, 6.07) is 10.7. The Morgan fingerprint density at radius 1 is 1.11 bits per heavy atom. The minimum atomic E-state index is -2.97. The van der Waals surface area contributed by atoms with Crippen LogP contribution in [0.2, 0.25) is 0 Å². The van der Waals surface area contributed by atoms with Gasteiger partial charge in [-0.15, -0.1) is 0 Å². The van der Waals surface area contributed by atoms with Gasteiger partial charge in [0, 0.05) is 17.7 Å². The minimum Gasteiger partial charge on any atom is -0.454 e. The van der Waals surface area contributed by atoms with E-state index in [1.54, 1.807) is 6.07 Å². The first-order valence-corrected chi connectivity index (χ1v) is 7.53. The van der Waals surface area contributed by atoms with Crippen molar-refractivity contribution >= 4 is 23.5 Å². The van der Waals surface area contributed by atoms with Crippen LogP contribution in [0.3, 0.4) is 0 Å². The van der Waals surface area contributed by atoms with Gasteiger partial charge in [-0.05, 0) is 36.4 Å². The van der Waals surface area contributed by atoms with Crippen LogP contribution in [0.1, 0.15) is 15.9 Å². The first-order valence-electron chi connectivity index (χ1n) is 7.53. The zero-order chi connectivity index (χ0) is 19.8. The molecule has 0 spiro atoms. The van der Waals surface area contributed by atoms with Crippen molar-refractivity contribution in [2.75, 3.05) is 6.61 Å². The first-order chi connectivity index (χ1) is 12.9. The SMILES string of the molecule is O=C(/C=C/c1ccccc1[N+](=O)[O-])OCC(=O)c1ccc(OC(F)F)cc1. The van der Waals surface area contributed by atoms with Crippen molar-refractivity contribution < 1.29 is 32.8 Å². The summed E-state index contributed by atoms with van der Waals surface area (Å²) in [6.07, 6.45) is 2.18. The summed E-state index contributed by atoms with van der Waals surface area (Å²) in [4.78, 5) is 33.9. The number of nitrogens with zero attached hydrogens (tertiary/aromatic N) is 1. The normalized spacial score (nSPS) is 10.8. The van der Waals surface area contributed by atoms with E-state index in [-0.39, 0.29) is 22.6 Å². The Morgan fingerprint density at radius 2 is 1.78 bits per heavy atom. The molecule has 0 bridgehead atoms. The monoisotopic (exact) mass is 377 g/mol. The predicted molar refractivity (Wildman–Crippen MR) is 90.5 cm³/mol. The van der Waals surface area contributed by atoms with Crippen molar-refractivity contribution in [1.29, 1.82) is 0 Å². The lowest BCUT2D eigenvalue weighted by molar-refractivity contribution is -0.385. The molecular formula is C18H13F2NO6. The fourth-order valence-corrected chi connectivity index (χ4v) is 2.04. The van der Waals surface area contributed by atoms with E-state index in [2.05, 4.69) is 4.74 Å². The summed E-state index contributed by atoms with van der Waals surface area (Å²) >= 11 is 0. The molecule has 0 aliphatic rings. The van der Waals surface area contributed by atoms with E-state index in [1.807, 2.05) is 0 Å². The molecular weight excluding hydrogens is 364 g/mol. The molecule has 27 heavy (non-hydrogen) atoms. The Kier molecular flexibility index (Phi) is 6.70. The summed E-state index contributed by atoms with van der Waals surface area (Å²) in [5.74, 6) is -1.52. The molecule has 2 aromatic rings. The summed E-state index contributed by atoms with van der Waals surface area (Å²) < 4.78 is 33.1. The van der Waals surface area contributed by atoms with Gasteiger partial charge in [0.2, 0.25) is 0 Å². The van der Waals surface area contributed by atoms with Crippen LogP contribution in [0.25, 0.3) is 6.08 Å². The van der Waals surface area contributed by atoms with Gasteiger partial charge in [-0.3, -0.25) is 14.9 Å². The van der Waals surface area contributed by atoms with Gasteiger partial charge >= 0.3 is 12.6 Å². The van der Waals surface area contributed by atoms with E-state index in [9.17, 15) is 28.5 Å². The highest BCUT2D eigenvalue weighted by molar-refractivity contribution is 5.99. The van der Waals surface area contributed by atoms with Gasteiger partial charge in [-0.1, -0.05) is 12.1 Å². The Balaban J connectivity index is 1.91. The first kappa shape index (κ1) is 19.7. The molecule has 7 nitrogen and oxygen atoms in total. The number of rotatable bonds is 8.